The Labute approximate surface area is 97.2 Å². The summed E-state index contributed by atoms with van der Waals surface area (Å²) in [5.41, 5.74) is 4.23. The first-order chi connectivity index (χ1) is 7.57. The predicted molar refractivity (Wildman–Crippen MR) is 49.3 cm³/mol. The van der Waals surface area contributed by atoms with Crippen LogP contribution in [0.2, 0.25) is 5.02 Å². The molecule has 0 bridgehead atoms. The van der Waals surface area contributed by atoms with Crippen molar-refractivity contribution in [3.05, 3.63) is 34.6 Å². The highest BCUT2D eigenvalue weighted by Gasteiger charge is 2.61. The van der Waals surface area contributed by atoms with Gasteiger partial charge in [-0.15, -0.1) is 0 Å². The summed E-state index contributed by atoms with van der Waals surface area (Å²) >= 11 is 5.27. The monoisotopic (exact) mass is 277 g/mol. The lowest BCUT2D eigenvalue weighted by molar-refractivity contribution is -0.291. The van der Waals surface area contributed by atoms with Crippen LogP contribution in [-0.4, -0.2) is 12.1 Å². The van der Waals surface area contributed by atoms with Gasteiger partial charge in [0.15, 0.2) is 0 Å². The molecule has 0 aliphatic rings. The molecule has 0 amide bonds. The molecule has 8 heteroatoms. The van der Waals surface area contributed by atoms with E-state index in [1.165, 1.54) is 0 Å². The minimum Gasteiger partial charge on any atom is -0.319 e. The fourth-order valence-electron chi connectivity index (χ4n) is 1.09. The average molecular weight is 278 g/mol. The summed E-state index contributed by atoms with van der Waals surface area (Å²) in [6.45, 7) is 0. The molecule has 1 atom stereocenters. The molecule has 1 nitrogen and oxygen atoms in total. The van der Waals surface area contributed by atoms with Crippen molar-refractivity contribution in [2.45, 2.75) is 18.1 Å². The number of benzene rings is 1. The maximum Gasteiger partial charge on any atom is 0.455 e. The lowest BCUT2D eigenvalue weighted by Gasteiger charge is -2.26. The molecule has 0 saturated heterocycles. The molecule has 0 radical (unpaired) electrons. The van der Waals surface area contributed by atoms with Crippen molar-refractivity contribution in [1.82, 2.24) is 0 Å². The number of hydrogen-bond donors (Lipinski definition) is 1. The van der Waals surface area contributed by atoms with Gasteiger partial charge in [-0.05, 0) is 17.7 Å². The summed E-state index contributed by atoms with van der Waals surface area (Å²) in [6, 6.07) is -0.600. The van der Waals surface area contributed by atoms with E-state index < -0.39 is 34.5 Å². The first-order valence-corrected chi connectivity index (χ1v) is 4.60. The highest BCUT2D eigenvalue weighted by atomic mass is 35.5. The fraction of sp³-hybridized carbons (Fsp3) is 0.333. The Kier molecular flexibility index (Phi) is 3.63. The Morgan fingerprint density at radius 3 is 2.06 bits per heavy atom. The first-order valence-electron chi connectivity index (χ1n) is 4.22. The molecule has 2 N–H and O–H groups in total. The van der Waals surface area contributed by atoms with Gasteiger partial charge in [-0.1, -0.05) is 17.7 Å². The number of hydrogen-bond acceptors (Lipinski definition) is 1. The van der Waals surface area contributed by atoms with E-state index in [-0.39, 0.29) is 0 Å². The lowest BCUT2D eigenvalue weighted by atomic mass is 10.0. The molecule has 1 aromatic rings. The third-order valence-electron chi connectivity index (χ3n) is 2.07. The number of rotatable bonds is 2. The third-order valence-corrected chi connectivity index (χ3v) is 2.36. The molecule has 96 valence electrons. The molecule has 0 heterocycles. The minimum absolute atomic E-state index is 0.573. The van der Waals surface area contributed by atoms with Crippen LogP contribution < -0.4 is 5.73 Å². The van der Waals surface area contributed by atoms with E-state index in [4.69, 9.17) is 17.3 Å². The zero-order valence-corrected chi connectivity index (χ0v) is 8.79. The standard InChI is InChI=1S/C9H6ClF6N/c10-5-3-4(1-2-6(5)11)7(17)8(12,13)9(14,15)16/h1-3,7H,17H2/t7-/m1/s1. The quantitative estimate of drug-likeness (QED) is 0.820. The van der Waals surface area contributed by atoms with Crippen LogP contribution in [0, 0.1) is 5.82 Å². The van der Waals surface area contributed by atoms with Crippen molar-refractivity contribution < 1.29 is 26.3 Å². The van der Waals surface area contributed by atoms with Gasteiger partial charge in [0.1, 0.15) is 11.9 Å². The van der Waals surface area contributed by atoms with Crippen molar-refractivity contribution in [2.24, 2.45) is 5.73 Å². The SMILES string of the molecule is N[C@H](c1ccc(F)c(Cl)c1)C(F)(F)C(F)(F)F. The van der Waals surface area contributed by atoms with Crippen molar-refractivity contribution >= 4 is 11.6 Å². The Morgan fingerprint density at radius 2 is 1.65 bits per heavy atom. The topological polar surface area (TPSA) is 26.0 Å². The van der Waals surface area contributed by atoms with Gasteiger partial charge < -0.3 is 5.73 Å². The second kappa shape index (κ2) is 4.38. The number of halogens is 7. The molecule has 0 fully saturated rings. The Balaban J connectivity index is 3.12. The largest absolute Gasteiger partial charge is 0.455 e. The van der Waals surface area contributed by atoms with Gasteiger partial charge in [0.2, 0.25) is 0 Å². The van der Waals surface area contributed by atoms with Crippen LogP contribution in [0.4, 0.5) is 26.3 Å². The lowest BCUT2D eigenvalue weighted by Crippen LogP contribution is -2.45. The number of nitrogens with two attached hydrogens (primary N) is 1. The van der Waals surface area contributed by atoms with Crippen molar-refractivity contribution in [2.75, 3.05) is 0 Å². The van der Waals surface area contributed by atoms with Crippen LogP contribution in [0.25, 0.3) is 0 Å². The molecular weight excluding hydrogens is 272 g/mol. The van der Waals surface area contributed by atoms with Crippen molar-refractivity contribution in [1.29, 1.82) is 0 Å². The van der Waals surface area contributed by atoms with E-state index in [2.05, 4.69) is 0 Å². The number of alkyl halides is 5. The van der Waals surface area contributed by atoms with Crippen LogP contribution in [0.15, 0.2) is 18.2 Å². The highest BCUT2D eigenvalue weighted by molar-refractivity contribution is 6.30. The summed E-state index contributed by atoms with van der Waals surface area (Å²) in [7, 11) is 0. The maximum absolute atomic E-state index is 12.9. The summed E-state index contributed by atoms with van der Waals surface area (Å²) < 4.78 is 74.5. The fourth-order valence-corrected chi connectivity index (χ4v) is 1.28. The van der Waals surface area contributed by atoms with Crippen LogP contribution in [0.5, 0.6) is 0 Å². The van der Waals surface area contributed by atoms with E-state index in [1.54, 1.807) is 0 Å². The molecule has 0 aliphatic heterocycles. The van der Waals surface area contributed by atoms with Crippen LogP contribution in [0.3, 0.4) is 0 Å². The third kappa shape index (κ3) is 2.66. The normalized spacial score (nSPS) is 14.8. The Hall–Kier alpha value is -0.950. The van der Waals surface area contributed by atoms with Crippen LogP contribution in [0.1, 0.15) is 11.6 Å². The van der Waals surface area contributed by atoms with Crippen molar-refractivity contribution in [3.8, 4) is 0 Å². The first kappa shape index (κ1) is 14.1. The Bertz CT molecular complexity index is 416. The van der Waals surface area contributed by atoms with Gasteiger partial charge in [-0.2, -0.15) is 22.0 Å². The summed E-state index contributed by atoms with van der Waals surface area (Å²) in [4.78, 5) is 0. The highest BCUT2D eigenvalue weighted by Crippen LogP contribution is 2.43. The van der Waals surface area contributed by atoms with Gasteiger partial charge in [0, 0.05) is 0 Å². The molecule has 0 saturated carbocycles. The zero-order valence-electron chi connectivity index (χ0n) is 8.03. The van der Waals surface area contributed by atoms with E-state index >= 15 is 0 Å². The minimum atomic E-state index is -5.78. The molecule has 1 rings (SSSR count). The van der Waals surface area contributed by atoms with Crippen LogP contribution in [-0.2, 0) is 0 Å². The zero-order chi connectivity index (χ0) is 13.4. The summed E-state index contributed by atoms with van der Waals surface area (Å²) in [5.74, 6) is -6.05. The predicted octanol–water partition coefficient (Wildman–Crippen LogP) is 3.68. The van der Waals surface area contributed by atoms with E-state index in [9.17, 15) is 26.3 Å². The van der Waals surface area contributed by atoms with Crippen molar-refractivity contribution in [3.63, 3.8) is 0 Å². The molecule has 0 spiro atoms. The summed E-state index contributed by atoms with van der Waals surface area (Å²) in [6.07, 6.45) is -5.78. The molecule has 17 heavy (non-hydrogen) atoms. The molecule has 0 aromatic heterocycles. The molecule has 0 aliphatic carbocycles. The molecule has 1 aromatic carbocycles. The van der Waals surface area contributed by atoms with Gasteiger partial charge in [0.25, 0.3) is 0 Å². The molecule has 0 unspecified atom stereocenters. The molecular formula is C9H6ClF6N. The van der Waals surface area contributed by atoms with E-state index in [0.717, 1.165) is 6.07 Å². The second-order valence-corrected chi connectivity index (χ2v) is 3.68. The van der Waals surface area contributed by atoms with Gasteiger partial charge in [0.05, 0.1) is 5.02 Å². The van der Waals surface area contributed by atoms with Crippen LogP contribution >= 0.6 is 11.6 Å². The van der Waals surface area contributed by atoms with E-state index in [0.29, 0.717) is 12.1 Å². The summed E-state index contributed by atoms with van der Waals surface area (Å²) in [5, 5.41) is -0.573. The smallest absolute Gasteiger partial charge is 0.319 e. The Morgan fingerprint density at radius 1 is 1.12 bits per heavy atom. The average Bonchev–Trinajstić information content (AvgIpc) is 2.19. The maximum atomic E-state index is 12.9. The second-order valence-electron chi connectivity index (χ2n) is 3.27. The van der Waals surface area contributed by atoms with Gasteiger partial charge >= 0.3 is 12.1 Å². The van der Waals surface area contributed by atoms with Gasteiger partial charge in [-0.25, -0.2) is 4.39 Å². The van der Waals surface area contributed by atoms with E-state index in [1.807, 2.05) is 0 Å². The van der Waals surface area contributed by atoms with Gasteiger partial charge in [-0.3, -0.25) is 0 Å².